The molecule has 2 rings (SSSR count). The van der Waals surface area contributed by atoms with Gasteiger partial charge in [-0.05, 0) is 25.9 Å². The minimum absolute atomic E-state index is 0.328. The predicted molar refractivity (Wildman–Crippen MR) is 50.7 cm³/mol. The second-order valence-electron chi connectivity index (χ2n) is 4.17. The van der Waals surface area contributed by atoms with Crippen LogP contribution in [0.1, 0.15) is 19.3 Å². The van der Waals surface area contributed by atoms with E-state index in [-0.39, 0.29) is 0 Å². The fraction of sp³-hybridized carbons (Fsp3) is 1.00. The van der Waals surface area contributed by atoms with E-state index >= 15 is 0 Å². The highest BCUT2D eigenvalue weighted by molar-refractivity contribution is 5.06. The van der Waals surface area contributed by atoms with Crippen LogP contribution in [0.15, 0.2) is 0 Å². The first-order valence-electron chi connectivity index (χ1n) is 5.10. The Morgan fingerprint density at radius 2 is 1.62 bits per heavy atom. The lowest BCUT2D eigenvalue weighted by Gasteiger charge is -2.56. The zero-order valence-electron chi connectivity index (χ0n) is 8.51. The third-order valence-electron chi connectivity index (χ3n) is 3.81. The van der Waals surface area contributed by atoms with Gasteiger partial charge in [-0.1, -0.05) is 0 Å². The molecule has 2 aliphatic rings. The fourth-order valence-corrected chi connectivity index (χ4v) is 2.91. The van der Waals surface area contributed by atoms with Gasteiger partial charge in [-0.3, -0.25) is 0 Å². The van der Waals surface area contributed by atoms with Crippen molar-refractivity contribution in [2.24, 2.45) is 5.41 Å². The number of methoxy groups -OCH3 is 2. The first kappa shape index (κ1) is 9.44. The molecule has 0 unspecified atom stereocenters. The second-order valence-corrected chi connectivity index (χ2v) is 4.17. The molecule has 0 aromatic carbocycles. The van der Waals surface area contributed by atoms with Gasteiger partial charge in [0.2, 0.25) is 0 Å². The Balaban J connectivity index is 2.05. The Kier molecular flexibility index (Phi) is 2.58. The van der Waals surface area contributed by atoms with Crippen LogP contribution in [0.25, 0.3) is 0 Å². The van der Waals surface area contributed by atoms with Crippen LogP contribution in [-0.4, -0.2) is 39.5 Å². The molecule has 0 aromatic heterocycles. The van der Waals surface area contributed by atoms with Gasteiger partial charge in [0, 0.05) is 26.1 Å². The molecule has 2 atom stereocenters. The largest absolute Gasteiger partial charge is 0.381 e. The summed E-state index contributed by atoms with van der Waals surface area (Å²) in [6.45, 7) is 2.22. The van der Waals surface area contributed by atoms with Crippen molar-refractivity contribution < 1.29 is 9.47 Å². The number of hydrogen-bond acceptors (Lipinski definition) is 3. The summed E-state index contributed by atoms with van der Waals surface area (Å²) in [6.07, 6.45) is 4.33. The monoisotopic (exact) mass is 185 g/mol. The molecule has 1 saturated carbocycles. The molecule has 3 heteroatoms. The second kappa shape index (κ2) is 3.56. The topological polar surface area (TPSA) is 30.5 Å². The minimum atomic E-state index is 0.328. The quantitative estimate of drug-likeness (QED) is 0.690. The predicted octanol–water partition coefficient (Wildman–Crippen LogP) is 0.790. The Bertz CT molecular complexity index is 166. The van der Waals surface area contributed by atoms with Gasteiger partial charge in [0.05, 0.1) is 12.2 Å². The third-order valence-corrected chi connectivity index (χ3v) is 3.81. The maximum atomic E-state index is 5.50. The molecule has 1 N–H and O–H groups in total. The molecule has 1 saturated heterocycles. The smallest absolute Gasteiger partial charge is 0.0678 e. The summed E-state index contributed by atoms with van der Waals surface area (Å²) in [7, 11) is 3.64. The molecular weight excluding hydrogens is 166 g/mol. The average Bonchev–Trinajstić information content (AvgIpc) is 2.19. The van der Waals surface area contributed by atoms with E-state index in [1.54, 1.807) is 0 Å². The van der Waals surface area contributed by atoms with Crippen LogP contribution in [0.5, 0.6) is 0 Å². The molecule has 0 aromatic rings. The Morgan fingerprint density at radius 3 is 2.08 bits per heavy atom. The Hall–Kier alpha value is -0.120. The van der Waals surface area contributed by atoms with Gasteiger partial charge in [0.1, 0.15) is 0 Å². The molecule has 2 fully saturated rings. The molecule has 0 bridgehead atoms. The van der Waals surface area contributed by atoms with Crippen LogP contribution >= 0.6 is 0 Å². The van der Waals surface area contributed by atoms with Gasteiger partial charge in [-0.15, -0.1) is 0 Å². The Morgan fingerprint density at radius 1 is 1.08 bits per heavy atom. The lowest BCUT2D eigenvalue weighted by molar-refractivity contribution is -0.204. The zero-order valence-corrected chi connectivity index (χ0v) is 8.51. The molecule has 0 amide bonds. The van der Waals surface area contributed by atoms with Gasteiger partial charge in [-0.2, -0.15) is 0 Å². The van der Waals surface area contributed by atoms with E-state index in [2.05, 4.69) is 5.32 Å². The molecule has 13 heavy (non-hydrogen) atoms. The Labute approximate surface area is 79.8 Å². The van der Waals surface area contributed by atoms with Crippen molar-refractivity contribution >= 4 is 0 Å². The van der Waals surface area contributed by atoms with Crippen LogP contribution < -0.4 is 5.32 Å². The van der Waals surface area contributed by atoms with E-state index < -0.39 is 0 Å². The number of rotatable bonds is 2. The molecule has 0 radical (unpaired) electrons. The van der Waals surface area contributed by atoms with Gasteiger partial charge in [-0.25, -0.2) is 0 Å². The third kappa shape index (κ3) is 1.30. The summed E-state index contributed by atoms with van der Waals surface area (Å²) in [6, 6.07) is 0. The van der Waals surface area contributed by atoms with Crippen molar-refractivity contribution in [3.8, 4) is 0 Å². The summed E-state index contributed by atoms with van der Waals surface area (Å²) < 4.78 is 11.0. The SMILES string of the molecule is CO[C@H]1C[C@@H](OC)C12CCNCC2. The normalized spacial score (nSPS) is 37.4. The van der Waals surface area contributed by atoms with Crippen molar-refractivity contribution in [1.29, 1.82) is 0 Å². The zero-order chi connectivity index (χ0) is 9.31. The van der Waals surface area contributed by atoms with Crippen molar-refractivity contribution in [1.82, 2.24) is 5.32 Å². The summed E-state index contributed by atoms with van der Waals surface area (Å²) in [5.74, 6) is 0. The number of hydrogen-bond donors (Lipinski definition) is 1. The van der Waals surface area contributed by atoms with Gasteiger partial charge < -0.3 is 14.8 Å². The highest BCUT2D eigenvalue weighted by atomic mass is 16.5. The van der Waals surface area contributed by atoms with Crippen LogP contribution in [0, 0.1) is 5.41 Å². The summed E-state index contributed by atoms with van der Waals surface area (Å²) in [4.78, 5) is 0. The molecule has 1 spiro atoms. The molecule has 3 nitrogen and oxygen atoms in total. The molecule has 1 aliphatic heterocycles. The lowest BCUT2D eigenvalue weighted by Crippen LogP contribution is -2.62. The average molecular weight is 185 g/mol. The highest BCUT2D eigenvalue weighted by Crippen LogP contribution is 2.50. The van der Waals surface area contributed by atoms with Gasteiger partial charge >= 0.3 is 0 Å². The number of piperidine rings is 1. The van der Waals surface area contributed by atoms with Crippen LogP contribution in [-0.2, 0) is 9.47 Å². The first-order chi connectivity index (χ1) is 6.33. The lowest BCUT2D eigenvalue weighted by atomic mass is 9.58. The first-order valence-corrected chi connectivity index (χ1v) is 5.10. The van der Waals surface area contributed by atoms with Crippen molar-refractivity contribution in [2.75, 3.05) is 27.3 Å². The van der Waals surface area contributed by atoms with E-state index in [1.807, 2.05) is 14.2 Å². The van der Waals surface area contributed by atoms with Crippen molar-refractivity contribution in [3.63, 3.8) is 0 Å². The van der Waals surface area contributed by atoms with Crippen LogP contribution in [0.3, 0.4) is 0 Å². The fourth-order valence-electron chi connectivity index (χ4n) is 2.91. The molecule has 76 valence electrons. The molecule has 1 heterocycles. The summed E-state index contributed by atoms with van der Waals surface area (Å²) in [5.41, 5.74) is 0.328. The summed E-state index contributed by atoms with van der Waals surface area (Å²) in [5, 5.41) is 3.39. The summed E-state index contributed by atoms with van der Waals surface area (Å²) >= 11 is 0. The van der Waals surface area contributed by atoms with Gasteiger partial charge in [0.25, 0.3) is 0 Å². The maximum absolute atomic E-state index is 5.50. The van der Waals surface area contributed by atoms with Crippen LogP contribution in [0.4, 0.5) is 0 Å². The van der Waals surface area contributed by atoms with Crippen LogP contribution in [0.2, 0.25) is 0 Å². The van der Waals surface area contributed by atoms with Gasteiger partial charge in [0.15, 0.2) is 0 Å². The minimum Gasteiger partial charge on any atom is -0.381 e. The maximum Gasteiger partial charge on any atom is 0.0678 e. The molecule has 1 aliphatic carbocycles. The van der Waals surface area contributed by atoms with E-state index in [0.29, 0.717) is 17.6 Å². The standard InChI is InChI=1S/C10H19NO2/c1-12-8-7-9(13-2)10(8)3-5-11-6-4-10/h8-9,11H,3-7H2,1-2H3/t8-,9+. The van der Waals surface area contributed by atoms with Crippen molar-refractivity contribution in [2.45, 2.75) is 31.5 Å². The highest BCUT2D eigenvalue weighted by Gasteiger charge is 2.55. The number of nitrogens with one attached hydrogen (secondary N) is 1. The van der Waals surface area contributed by atoms with E-state index in [1.165, 1.54) is 12.8 Å². The number of ether oxygens (including phenoxy) is 2. The molecular formula is C10H19NO2. The van der Waals surface area contributed by atoms with E-state index in [9.17, 15) is 0 Å². The van der Waals surface area contributed by atoms with E-state index in [4.69, 9.17) is 9.47 Å². The van der Waals surface area contributed by atoms with Crippen molar-refractivity contribution in [3.05, 3.63) is 0 Å². The van der Waals surface area contributed by atoms with E-state index in [0.717, 1.165) is 19.5 Å².